The Labute approximate surface area is 122 Å². The number of aliphatic carboxylic acids is 1. The number of nitrogens with one attached hydrogen (secondary N) is 1. The number of carbonyl (C=O) groups excluding carboxylic acids is 2. The molecule has 1 rings (SSSR count). The highest BCUT2D eigenvalue weighted by atomic mass is 16.4. The van der Waals surface area contributed by atoms with Crippen LogP contribution in [0.4, 0.5) is 0 Å². The van der Waals surface area contributed by atoms with Crippen LogP contribution in [0.5, 0.6) is 0 Å². The molecule has 4 nitrogen and oxygen atoms in total. The Kier molecular flexibility index (Phi) is 8.31. The van der Waals surface area contributed by atoms with E-state index in [9.17, 15) is 14.7 Å². The summed E-state index contributed by atoms with van der Waals surface area (Å²) < 4.78 is 0. The van der Waals surface area contributed by atoms with Crippen LogP contribution in [0.15, 0.2) is 0 Å². The highest BCUT2D eigenvalue weighted by Gasteiger charge is 2.31. The fraction of sp³-hybridized carbons (Fsp3) is 0.875. The minimum absolute atomic E-state index is 0.0903. The maximum Gasteiger partial charge on any atom is 0.223 e. The molecule has 0 heterocycles. The molecule has 1 aliphatic carbocycles. The molecule has 1 fully saturated rings. The van der Waals surface area contributed by atoms with Crippen molar-refractivity contribution in [3.8, 4) is 0 Å². The number of amides is 1. The van der Waals surface area contributed by atoms with Crippen molar-refractivity contribution in [1.29, 1.82) is 0 Å². The molecule has 20 heavy (non-hydrogen) atoms. The van der Waals surface area contributed by atoms with E-state index in [2.05, 4.69) is 12.2 Å². The molecule has 0 aromatic heterocycles. The van der Waals surface area contributed by atoms with Gasteiger partial charge in [0.1, 0.15) is 0 Å². The molecule has 116 valence electrons. The van der Waals surface area contributed by atoms with Gasteiger partial charge in [0, 0.05) is 24.3 Å². The second-order valence-electron chi connectivity index (χ2n) is 5.88. The Balaban J connectivity index is 2.19. The van der Waals surface area contributed by atoms with Crippen molar-refractivity contribution in [2.24, 2.45) is 11.8 Å². The second-order valence-corrected chi connectivity index (χ2v) is 5.88. The Morgan fingerprint density at radius 3 is 2.25 bits per heavy atom. The quantitative estimate of drug-likeness (QED) is 0.658. The molecule has 0 spiro atoms. The highest BCUT2D eigenvalue weighted by Crippen LogP contribution is 2.29. The molecule has 0 aromatic rings. The molecule has 0 saturated heterocycles. The van der Waals surface area contributed by atoms with Crippen molar-refractivity contribution in [3.05, 3.63) is 0 Å². The van der Waals surface area contributed by atoms with Crippen LogP contribution in [0.25, 0.3) is 0 Å². The van der Waals surface area contributed by atoms with Crippen LogP contribution in [-0.2, 0) is 9.59 Å². The number of rotatable bonds is 9. The third kappa shape index (κ3) is 5.93. The van der Waals surface area contributed by atoms with Crippen molar-refractivity contribution in [2.45, 2.75) is 71.1 Å². The number of carbonyl (C=O) groups is 2. The molecule has 4 heteroatoms. The van der Waals surface area contributed by atoms with Gasteiger partial charge >= 0.3 is 0 Å². The summed E-state index contributed by atoms with van der Waals surface area (Å²) in [5.74, 6) is -2.13. The summed E-state index contributed by atoms with van der Waals surface area (Å²) in [6.07, 6.45) is 10.2. The fourth-order valence-corrected chi connectivity index (χ4v) is 2.97. The number of carboxylic acids is 1. The van der Waals surface area contributed by atoms with Crippen molar-refractivity contribution in [1.82, 2.24) is 5.32 Å². The lowest BCUT2D eigenvalue weighted by Gasteiger charge is -2.31. The summed E-state index contributed by atoms with van der Waals surface area (Å²) in [6, 6.07) is 0. The molecule has 2 atom stereocenters. The number of carboxylic acid groups (broad SMARTS) is 1. The fourth-order valence-electron chi connectivity index (χ4n) is 2.97. The summed E-state index contributed by atoms with van der Waals surface area (Å²) in [4.78, 5) is 23.1. The van der Waals surface area contributed by atoms with E-state index in [1.165, 1.54) is 25.7 Å². The van der Waals surface area contributed by atoms with Crippen LogP contribution < -0.4 is 10.4 Å². The van der Waals surface area contributed by atoms with E-state index >= 15 is 0 Å². The van der Waals surface area contributed by atoms with Crippen LogP contribution in [0.2, 0.25) is 0 Å². The second kappa shape index (κ2) is 9.78. The topological polar surface area (TPSA) is 69.2 Å². The van der Waals surface area contributed by atoms with Crippen LogP contribution in [0, 0.1) is 11.8 Å². The van der Waals surface area contributed by atoms with Crippen molar-refractivity contribution >= 4 is 11.9 Å². The molecule has 1 amide bonds. The zero-order valence-electron chi connectivity index (χ0n) is 12.7. The Morgan fingerprint density at radius 2 is 1.60 bits per heavy atom. The predicted molar refractivity (Wildman–Crippen MR) is 76.8 cm³/mol. The average Bonchev–Trinajstić information content (AvgIpc) is 2.46. The molecule has 0 unspecified atom stereocenters. The largest absolute Gasteiger partial charge is 0.550 e. The van der Waals surface area contributed by atoms with Crippen molar-refractivity contribution < 1.29 is 14.7 Å². The average molecular weight is 282 g/mol. The van der Waals surface area contributed by atoms with Gasteiger partial charge in [0.25, 0.3) is 0 Å². The molecular weight excluding hydrogens is 254 g/mol. The zero-order valence-corrected chi connectivity index (χ0v) is 12.7. The molecular formula is C16H28NO3-. The van der Waals surface area contributed by atoms with Gasteiger partial charge in [-0.2, -0.15) is 0 Å². The first-order chi connectivity index (χ1) is 9.66. The maximum absolute atomic E-state index is 12.0. The molecule has 0 aromatic carbocycles. The lowest BCUT2D eigenvalue weighted by Crippen LogP contribution is -2.44. The third-order valence-electron chi connectivity index (χ3n) is 4.24. The summed E-state index contributed by atoms with van der Waals surface area (Å²) >= 11 is 0. The van der Waals surface area contributed by atoms with Gasteiger partial charge in [-0.05, 0) is 19.3 Å². The molecule has 0 bridgehead atoms. The van der Waals surface area contributed by atoms with Gasteiger partial charge in [0.05, 0.1) is 0 Å². The van der Waals surface area contributed by atoms with Crippen LogP contribution in [0.3, 0.4) is 0 Å². The standard InChI is InChI=1S/C16H29NO3/c1-2-3-4-5-6-9-12-17-15(18)13-10-7-8-11-14(13)16(19)20/h13-14H,2-12H2,1H3,(H,17,18)(H,19,20)/p-1/t13-,14+/m0/s1. The number of hydrogen-bond acceptors (Lipinski definition) is 3. The zero-order chi connectivity index (χ0) is 14.8. The summed E-state index contributed by atoms with van der Waals surface area (Å²) in [5, 5.41) is 14.0. The Bertz CT molecular complexity index is 304. The van der Waals surface area contributed by atoms with Crippen LogP contribution in [0.1, 0.15) is 71.1 Å². The molecule has 0 aliphatic heterocycles. The third-order valence-corrected chi connectivity index (χ3v) is 4.24. The van der Waals surface area contributed by atoms with E-state index in [1.807, 2.05) is 0 Å². The predicted octanol–water partition coefficient (Wildman–Crippen LogP) is 2.02. The van der Waals surface area contributed by atoms with Gasteiger partial charge in [0.2, 0.25) is 5.91 Å². The van der Waals surface area contributed by atoms with E-state index in [0.717, 1.165) is 25.7 Å². The number of unbranched alkanes of at least 4 members (excludes halogenated alkanes) is 5. The Hall–Kier alpha value is -1.06. The van der Waals surface area contributed by atoms with Crippen LogP contribution in [-0.4, -0.2) is 18.4 Å². The molecule has 0 radical (unpaired) electrons. The lowest BCUT2D eigenvalue weighted by molar-refractivity contribution is -0.314. The van der Waals surface area contributed by atoms with Crippen molar-refractivity contribution in [2.75, 3.05) is 6.54 Å². The van der Waals surface area contributed by atoms with E-state index in [4.69, 9.17) is 0 Å². The minimum Gasteiger partial charge on any atom is -0.550 e. The molecule has 1 N–H and O–H groups in total. The summed E-state index contributed by atoms with van der Waals surface area (Å²) in [6.45, 7) is 2.86. The normalized spacial score (nSPS) is 22.4. The van der Waals surface area contributed by atoms with Crippen LogP contribution >= 0.6 is 0 Å². The van der Waals surface area contributed by atoms with Gasteiger partial charge in [-0.15, -0.1) is 0 Å². The van der Waals surface area contributed by atoms with Gasteiger partial charge in [0.15, 0.2) is 0 Å². The number of hydrogen-bond donors (Lipinski definition) is 1. The maximum atomic E-state index is 12.0. The van der Waals surface area contributed by atoms with Crippen molar-refractivity contribution in [3.63, 3.8) is 0 Å². The van der Waals surface area contributed by atoms with Gasteiger partial charge < -0.3 is 15.2 Å². The Morgan fingerprint density at radius 1 is 1.00 bits per heavy atom. The van der Waals surface area contributed by atoms with E-state index < -0.39 is 11.9 Å². The highest BCUT2D eigenvalue weighted by molar-refractivity contribution is 5.84. The van der Waals surface area contributed by atoms with E-state index in [0.29, 0.717) is 19.4 Å². The smallest absolute Gasteiger partial charge is 0.223 e. The molecule has 1 saturated carbocycles. The van der Waals surface area contributed by atoms with E-state index in [1.54, 1.807) is 0 Å². The monoisotopic (exact) mass is 282 g/mol. The van der Waals surface area contributed by atoms with Gasteiger partial charge in [-0.25, -0.2) is 0 Å². The summed E-state index contributed by atoms with van der Waals surface area (Å²) in [7, 11) is 0. The lowest BCUT2D eigenvalue weighted by atomic mass is 9.78. The first kappa shape index (κ1) is 17.0. The first-order valence-corrected chi connectivity index (χ1v) is 8.15. The molecule has 1 aliphatic rings. The first-order valence-electron chi connectivity index (χ1n) is 8.15. The SMILES string of the molecule is CCCCCCCCNC(=O)[C@H]1CCCC[C@H]1C(=O)[O-]. The van der Waals surface area contributed by atoms with Gasteiger partial charge in [-0.3, -0.25) is 4.79 Å². The summed E-state index contributed by atoms with van der Waals surface area (Å²) in [5.41, 5.74) is 0. The van der Waals surface area contributed by atoms with Gasteiger partial charge in [-0.1, -0.05) is 51.9 Å². The minimum atomic E-state index is -1.07. The van der Waals surface area contributed by atoms with E-state index in [-0.39, 0.29) is 11.8 Å².